The number of hydrogen-bond acceptors (Lipinski definition) is 15. The van der Waals surface area contributed by atoms with Crippen molar-refractivity contribution in [2.45, 2.75) is 191 Å². The summed E-state index contributed by atoms with van der Waals surface area (Å²) in [6.07, 6.45) is -10.8. The Morgan fingerprint density at radius 2 is 1.30 bits per heavy atom. The lowest BCUT2D eigenvalue weighted by Gasteiger charge is -2.73. The molecular formula is C42H66O15. The lowest BCUT2D eigenvalue weighted by molar-refractivity contribution is -0.378. The molecule has 4 saturated heterocycles. The van der Waals surface area contributed by atoms with Crippen LogP contribution in [-0.2, 0) is 28.5 Å². The van der Waals surface area contributed by atoms with Gasteiger partial charge in [-0.15, -0.1) is 0 Å². The van der Waals surface area contributed by atoms with E-state index in [9.17, 15) is 50.8 Å². The zero-order valence-electron chi connectivity index (χ0n) is 34.3. The lowest BCUT2D eigenvalue weighted by Crippen LogP contribution is -2.72. The second-order valence-electron chi connectivity index (χ2n) is 20.7. The molecule has 0 aromatic carbocycles. The predicted molar refractivity (Wildman–Crippen MR) is 198 cm³/mol. The number of ether oxygens (including phenoxy) is 5. The smallest absolute Gasteiger partial charge is 0.317 e. The summed E-state index contributed by atoms with van der Waals surface area (Å²) in [5.74, 6) is -0.0979. The summed E-state index contributed by atoms with van der Waals surface area (Å²) in [4.78, 5) is 13.7. The highest BCUT2D eigenvalue weighted by atomic mass is 16.8. The molecule has 8 fully saturated rings. The van der Waals surface area contributed by atoms with Gasteiger partial charge in [0.15, 0.2) is 12.6 Å². The van der Waals surface area contributed by atoms with Gasteiger partial charge in [0.2, 0.25) is 0 Å². The SMILES string of the molecule is CC1(C)C2CC[C@]3(C)[C@H](C[C@@H](O)C4=C5[C@]6(CC[C@](C)(OC6=O)[C@@]5(C)O)CC[C@]43C)[C@@]2(C)CC[C@@H]1O[C@@H]1O[C@H](CO)[C@@H](O)[C@H](O)[C@H]1O[C@@H]1O[C@H](CO)[C@@H](O)[C@H](O)[C@H]1O. The Balaban J connectivity index is 1.08. The molecule has 5 aliphatic carbocycles. The van der Waals surface area contributed by atoms with Crippen molar-refractivity contribution in [3.63, 3.8) is 0 Å². The topological polar surface area (TPSA) is 245 Å². The van der Waals surface area contributed by atoms with Crippen molar-refractivity contribution < 1.29 is 74.4 Å². The fourth-order valence-electron chi connectivity index (χ4n) is 14.2. The molecule has 4 saturated carbocycles. The Morgan fingerprint density at radius 3 is 1.93 bits per heavy atom. The minimum absolute atomic E-state index is 0.0829. The van der Waals surface area contributed by atoms with Gasteiger partial charge in [0.05, 0.1) is 30.8 Å². The van der Waals surface area contributed by atoms with Crippen LogP contribution >= 0.6 is 0 Å². The van der Waals surface area contributed by atoms with E-state index in [4.69, 9.17) is 23.7 Å². The van der Waals surface area contributed by atoms with E-state index in [1.807, 2.05) is 6.92 Å². The number of hydrogen-bond donors (Lipinski definition) is 9. The van der Waals surface area contributed by atoms with Crippen LogP contribution in [0.5, 0.6) is 0 Å². The summed E-state index contributed by atoms with van der Waals surface area (Å²) in [5.41, 5.74) is -3.38. The number of esters is 1. The van der Waals surface area contributed by atoms with Crippen LogP contribution in [0.15, 0.2) is 11.1 Å². The number of rotatable bonds is 6. The maximum absolute atomic E-state index is 13.7. The highest BCUT2D eigenvalue weighted by molar-refractivity contribution is 5.86. The maximum atomic E-state index is 13.7. The summed E-state index contributed by atoms with van der Waals surface area (Å²) in [6.45, 7) is 13.5. The molecule has 2 bridgehead atoms. The Morgan fingerprint density at radius 1 is 0.684 bits per heavy atom. The van der Waals surface area contributed by atoms with Gasteiger partial charge in [-0.25, -0.2) is 0 Å². The molecule has 20 atom stereocenters. The highest BCUT2D eigenvalue weighted by Crippen LogP contribution is 2.77. The Kier molecular flexibility index (Phi) is 10.1. The first kappa shape index (κ1) is 42.4. The minimum Gasteiger partial charge on any atom is -0.455 e. The Labute approximate surface area is 334 Å². The summed E-state index contributed by atoms with van der Waals surface area (Å²) < 4.78 is 30.3. The fraction of sp³-hybridized carbons (Fsp3) is 0.929. The van der Waals surface area contributed by atoms with Crippen LogP contribution in [0, 0.1) is 38.9 Å². The summed E-state index contributed by atoms with van der Waals surface area (Å²) in [5, 5.41) is 98.2. The van der Waals surface area contributed by atoms with Crippen LogP contribution in [0.3, 0.4) is 0 Å². The van der Waals surface area contributed by atoms with Gasteiger partial charge in [-0.1, -0.05) is 34.6 Å². The van der Waals surface area contributed by atoms with E-state index in [0.29, 0.717) is 44.1 Å². The standard InChI is InChI=1S/C42H66O15/c1-36(2)22-8-11-38(4)23(16-19(45)25-32-41(7,52)40(6)13-15-42(32,35(51)57-40)14-12-39(25,38)5)37(22,3)10-9-24(36)55-34-31(29(49)27(47)21(18-44)54-34)56-33-30(50)28(48)26(46)20(17-43)53-33/h19-24,26-31,33-34,43-50,52H,8-18H2,1-7H3/t19-,20-,21-,22?,23-,24+,26-,27-,28+,29+,30-,31-,33+,34+,37+,38-,39-,40+,41+,42-/m1/s1. The molecule has 9 N–H and O–H groups in total. The second-order valence-corrected chi connectivity index (χ2v) is 20.7. The molecule has 9 aliphatic rings. The van der Waals surface area contributed by atoms with Crippen molar-refractivity contribution in [1.82, 2.24) is 0 Å². The number of fused-ring (bicyclic) bond motifs is 7. The number of aliphatic hydroxyl groups excluding tert-OH is 8. The first-order valence-electron chi connectivity index (χ1n) is 21.1. The van der Waals surface area contributed by atoms with Crippen LogP contribution in [0.1, 0.15) is 106 Å². The fourth-order valence-corrected chi connectivity index (χ4v) is 14.2. The summed E-state index contributed by atoms with van der Waals surface area (Å²) in [7, 11) is 0. The number of aliphatic hydroxyl groups is 9. The predicted octanol–water partition coefficient (Wildman–Crippen LogP) is 0.563. The normalized spacial score (nSPS) is 56.9. The molecule has 4 heterocycles. The molecule has 324 valence electrons. The van der Waals surface area contributed by atoms with Gasteiger partial charge in [-0.05, 0) is 116 Å². The van der Waals surface area contributed by atoms with E-state index >= 15 is 0 Å². The average Bonchev–Trinajstić information content (AvgIpc) is 3.14. The van der Waals surface area contributed by atoms with Crippen LogP contribution in [0.25, 0.3) is 0 Å². The van der Waals surface area contributed by atoms with Crippen molar-refractivity contribution in [3.05, 3.63) is 11.1 Å². The van der Waals surface area contributed by atoms with E-state index in [1.165, 1.54) is 0 Å². The summed E-state index contributed by atoms with van der Waals surface area (Å²) >= 11 is 0. The van der Waals surface area contributed by atoms with Crippen LogP contribution in [0.2, 0.25) is 0 Å². The van der Waals surface area contributed by atoms with Crippen molar-refractivity contribution >= 4 is 5.97 Å². The van der Waals surface area contributed by atoms with Gasteiger partial charge in [-0.2, -0.15) is 0 Å². The third kappa shape index (κ3) is 5.53. The van der Waals surface area contributed by atoms with E-state index in [2.05, 4.69) is 34.6 Å². The lowest BCUT2D eigenvalue weighted by atomic mass is 9.33. The van der Waals surface area contributed by atoms with Crippen LogP contribution in [0.4, 0.5) is 0 Å². The summed E-state index contributed by atoms with van der Waals surface area (Å²) in [6, 6.07) is 0. The van der Waals surface area contributed by atoms with E-state index in [-0.39, 0.29) is 28.6 Å². The molecule has 9 rings (SSSR count). The molecule has 57 heavy (non-hydrogen) atoms. The molecule has 0 amide bonds. The Bertz CT molecular complexity index is 1630. The van der Waals surface area contributed by atoms with E-state index in [1.54, 1.807) is 6.92 Å². The van der Waals surface area contributed by atoms with Crippen molar-refractivity contribution in [2.75, 3.05) is 13.2 Å². The first-order valence-corrected chi connectivity index (χ1v) is 21.1. The third-order valence-corrected chi connectivity index (χ3v) is 18.0. The average molecular weight is 811 g/mol. The highest BCUT2D eigenvalue weighted by Gasteiger charge is 2.75. The molecule has 15 heteroatoms. The van der Waals surface area contributed by atoms with Gasteiger partial charge in [0.25, 0.3) is 0 Å². The monoisotopic (exact) mass is 810 g/mol. The van der Waals surface area contributed by atoms with E-state index in [0.717, 1.165) is 24.8 Å². The van der Waals surface area contributed by atoms with Crippen molar-refractivity contribution in [2.24, 2.45) is 38.9 Å². The van der Waals surface area contributed by atoms with Gasteiger partial charge in [-0.3, -0.25) is 4.79 Å². The molecule has 1 unspecified atom stereocenters. The third-order valence-electron chi connectivity index (χ3n) is 18.0. The zero-order chi connectivity index (χ0) is 41.6. The molecule has 0 radical (unpaired) electrons. The minimum atomic E-state index is -1.78. The Hall–Kier alpha value is -1.31. The van der Waals surface area contributed by atoms with Crippen LogP contribution < -0.4 is 0 Å². The van der Waals surface area contributed by atoms with Gasteiger partial charge < -0.3 is 69.6 Å². The maximum Gasteiger partial charge on any atom is 0.317 e. The van der Waals surface area contributed by atoms with Gasteiger partial charge in [0, 0.05) is 0 Å². The molecular weight excluding hydrogens is 744 g/mol. The van der Waals surface area contributed by atoms with Crippen LogP contribution in [-0.4, -0.2) is 150 Å². The van der Waals surface area contributed by atoms with Gasteiger partial charge >= 0.3 is 5.97 Å². The quantitative estimate of drug-likeness (QED) is 0.101. The molecule has 0 aromatic rings. The second kappa shape index (κ2) is 13.6. The van der Waals surface area contributed by atoms with E-state index < -0.39 is 114 Å². The molecule has 4 aliphatic heterocycles. The molecule has 0 aromatic heterocycles. The number of carbonyl (C=O) groups excluding carboxylic acids is 1. The largest absolute Gasteiger partial charge is 0.455 e. The molecule has 1 spiro atoms. The zero-order valence-corrected chi connectivity index (χ0v) is 34.3. The van der Waals surface area contributed by atoms with Crippen molar-refractivity contribution in [1.29, 1.82) is 0 Å². The molecule has 15 nitrogen and oxygen atoms in total. The number of carbonyl (C=O) groups is 1. The van der Waals surface area contributed by atoms with Crippen molar-refractivity contribution in [3.8, 4) is 0 Å². The van der Waals surface area contributed by atoms with Gasteiger partial charge in [0.1, 0.15) is 60.0 Å². The first-order chi connectivity index (χ1) is 26.5.